The minimum atomic E-state index is -6.01. The van der Waals surface area contributed by atoms with E-state index in [9.17, 15) is 31.7 Å². The molecule has 0 amide bonds. The molecule has 9 nitrogen and oxygen atoms in total. The van der Waals surface area contributed by atoms with Crippen molar-refractivity contribution in [2.75, 3.05) is 0 Å². The van der Waals surface area contributed by atoms with Crippen LogP contribution in [0.1, 0.15) is 26.3 Å². The highest BCUT2D eigenvalue weighted by atomic mass is 32.2. The van der Waals surface area contributed by atoms with Gasteiger partial charge in [0, 0.05) is 6.20 Å². The summed E-state index contributed by atoms with van der Waals surface area (Å²) in [6.07, 6.45) is -0.0310. The lowest BCUT2D eigenvalue weighted by Crippen LogP contribution is -2.52. The first-order valence-electron chi connectivity index (χ1n) is 9.68. The van der Waals surface area contributed by atoms with Gasteiger partial charge in [-0.1, -0.05) is 27.4 Å². The second-order valence-corrected chi connectivity index (χ2v) is 15.1. The molecule has 2 heterocycles. The third kappa shape index (κ3) is 5.80. The molecule has 0 spiro atoms. The summed E-state index contributed by atoms with van der Waals surface area (Å²) in [6, 6.07) is 1.29. The number of nitro groups is 1. The molecule has 1 aliphatic rings. The number of hydrogen-bond donors (Lipinski definition) is 0. The number of nitrogens with zero attached hydrogens (tertiary/aromatic N) is 2. The van der Waals surface area contributed by atoms with Crippen LogP contribution in [-0.2, 0) is 23.5 Å². The fourth-order valence-corrected chi connectivity index (χ4v) is 4.54. The van der Waals surface area contributed by atoms with Gasteiger partial charge in [-0.25, -0.2) is 0 Å². The minimum Gasteiger partial charge on any atom is -0.483 e. The Labute approximate surface area is 190 Å². The predicted octanol–water partition coefficient (Wildman–Crippen LogP) is 4.54. The lowest BCUT2D eigenvalue weighted by atomic mass is 10.0. The smallest absolute Gasteiger partial charge is 0.483 e. The van der Waals surface area contributed by atoms with E-state index in [4.69, 9.17) is 9.16 Å². The van der Waals surface area contributed by atoms with E-state index in [1.54, 1.807) is 0 Å². The topological polar surface area (TPSA) is 118 Å². The van der Waals surface area contributed by atoms with Crippen LogP contribution in [0.5, 0.6) is 0 Å². The van der Waals surface area contributed by atoms with Crippen molar-refractivity contribution in [2.45, 2.75) is 62.7 Å². The highest BCUT2D eigenvalue weighted by Gasteiger charge is 2.53. The van der Waals surface area contributed by atoms with Crippen molar-refractivity contribution in [1.29, 1.82) is 0 Å². The molecule has 33 heavy (non-hydrogen) atoms. The number of halogens is 3. The van der Waals surface area contributed by atoms with E-state index < -0.39 is 57.9 Å². The molecule has 0 radical (unpaired) electrons. The van der Waals surface area contributed by atoms with Gasteiger partial charge in [-0.15, -0.1) is 0 Å². The summed E-state index contributed by atoms with van der Waals surface area (Å²) in [5, 5.41) is 11.0. The van der Waals surface area contributed by atoms with E-state index in [1.165, 1.54) is 18.3 Å². The molecule has 14 heteroatoms. The van der Waals surface area contributed by atoms with Gasteiger partial charge in [0.2, 0.25) is 0 Å². The number of alkyl halides is 3. The van der Waals surface area contributed by atoms with Crippen LogP contribution >= 0.6 is 0 Å². The zero-order valence-corrected chi connectivity index (χ0v) is 20.4. The molecule has 3 atom stereocenters. The van der Waals surface area contributed by atoms with Crippen molar-refractivity contribution >= 4 is 29.9 Å². The molecular weight excluding hydrogens is 485 g/mol. The first-order chi connectivity index (χ1) is 14.9. The Morgan fingerprint density at radius 2 is 1.91 bits per heavy atom. The molecule has 0 bridgehead atoms. The minimum absolute atomic E-state index is 0.0113. The number of rotatable bonds is 7. The normalized spacial score (nSPS) is 22.3. The average molecular weight is 511 g/mol. The Balaban J connectivity index is 2.65. The SMILES string of the molecule is C=CC1OC(c2ccncc2[N+](=O)[O-])=CC(O[Si](C)(C)C(C)(C)C)C1OS(=O)(=O)C(F)(F)F. The number of ether oxygens (including phenoxy) is 1. The molecule has 2 rings (SSSR count). The zero-order valence-electron chi connectivity index (χ0n) is 18.6. The first kappa shape index (κ1) is 27.0. The molecule has 0 aromatic carbocycles. The molecule has 1 aromatic rings. The molecule has 1 aromatic heterocycles. The zero-order chi connectivity index (χ0) is 25.4. The highest BCUT2D eigenvalue weighted by Crippen LogP contribution is 2.41. The van der Waals surface area contributed by atoms with E-state index in [-0.39, 0.29) is 11.3 Å². The molecule has 0 saturated carbocycles. The second-order valence-electron chi connectivity index (χ2n) is 8.80. The summed E-state index contributed by atoms with van der Waals surface area (Å²) in [5.41, 5.74) is -6.10. The summed E-state index contributed by atoms with van der Waals surface area (Å²) in [7, 11) is -8.71. The predicted molar refractivity (Wildman–Crippen MR) is 116 cm³/mol. The maximum Gasteiger partial charge on any atom is 0.523 e. The Hall–Kier alpha value is -2.29. The van der Waals surface area contributed by atoms with E-state index in [0.29, 0.717) is 0 Å². The molecule has 1 aliphatic heterocycles. The lowest BCUT2D eigenvalue weighted by molar-refractivity contribution is -0.385. The molecule has 0 fully saturated rings. The van der Waals surface area contributed by atoms with E-state index >= 15 is 0 Å². The van der Waals surface area contributed by atoms with Gasteiger partial charge in [0.25, 0.3) is 5.69 Å². The Bertz CT molecular complexity index is 1050. The van der Waals surface area contributed by atoms with Crippen molar-refractivity contribution in [3.8, 4) is 0 Å². The van der Waals surface area contributed by atoms with Crippen LogP contribution in [0.15, 0.2) is 37.2 Å². The van der Waals surface area contributed by atoms with Gasteiger partial charge < -0.3 is 9.16 Å². The quantitative estimate of drug-likeness (QED) is 0.131. The third-order valence-corrected chi connectivity index (χ3v) is 11.0. The Kier molecular flexibility index (Phi) is 7.48. The summed E-state index contributed by atoms with van der Waals surface area (Å²) in [5.74, 6) is -0.0954. The van der Waals surface area contributed by atoms with Gasteiger partial charge in [-0.2, -0.15) is 21.6 Å². The van der Waals surface area contributed by atoms with Gasteiger partial charge >= 0.3 is 15.6 Å². The maximum absolute atomic E-state index is 13.0. The summed E-state index contributed by atoms with van der Waals surface area (Å²) >= 11 is 0. The van der Waals surface area contributed by atoms with Crippen LogP contribution in [0.25, 0.3) is 5.76 Å². The van der Waals surface area contributed by atoms with E-state index in [0.717, 1.165) is 12.3 Å². The molecule has 3 unspecified atom stereocenters. The van der Waals surface area contributed by atoms with E-state index in [1.807, 2.05) is 33.9 Å². The standard InChI is InChI=1S/C19H25F3N2O7SSi/c1-7-14-17(30-32(27,28)19(20,21)22)16(31-33(5,6)18(2,3)4)10-15(29-14)12-8-9-23-11-13(12)24(25)26/h7-11,14,16-17H,1H2,2-6H3. The van der Waals surface area contributed by atoms with Crippen LogP contribution in [-0.4, -0.2) is 50.5 Å². The molecular formula is C19H25F3N2O7SSi. The van der Waals surface area contributed by atoms with Crippen LogP contribution in [0.3, 0.4) is 0 Å². The van der Waals surface area contributed by atoms with Crippen molar-refractivity contribution in [1.82, 2.24) is 4.98 Å². The number of aromatic nitrogens is 1. The van der Waals surface area contributed by atoms with Crippen molar-refractivity contribution in [3.63, 3.8) is 0 Å². The van der Waals surface area contributed by atoms with Crippen LogP contribution < -0.4 is 0 Å². The molecule has 184 valence electrons. The van der Waals surface area contributed by atoms with Gasteiger partial charge in [-0.05, 0) is 36.4 Å². The Morgan fingerprint density at radius 1 is 1.30 bits per heavy atom. The number of hydrogen-bond acceptors (Lipinski definition) is 8. The van der Waals surface area contributed by atoms with Gasteiger partial charge in [-0.3, -0.25) is 19.3 Å². The first-order valence-corrected chi connectivity index (χ1v) is 14.0. The van der Waals surface area contributed by atoms with Crippen LogP contribution in [0.2, 0.25) is 18.1 Å². The maximum atomic E-state index is 13.0. The Morgan fingerprint density at radius 3 is 2.39 bits per heavy atom. The van der Waals surface area contributed by atoms with Gasteiger partial charge in [0.05, 0.1) is 16.6 Å². The van der Waals surface area contributed by atoms with Gasteiger partial charge in [0.1, 0.15) is 24.2 Å². The van der Waals surface area contributed by atoms with E-state index in [2.05, 4.69) is 15.7 Å². The summed E-state index contributed by atoms with van der Waals surface area (Å²) in [4.78, 5) is 14.4. The van der Waals surface area contributed by atoms with Crippen LogP contribution in [0.4, 0.5) is 18.9 Å². The molecule has 0 N–H and O–H groups in total. The summed E-state index contributed by atoms with van der Waals surface area (Å²) in [6.45, 7) is 12.7. The molecule has 0 aliphatic carbocycles. The second kappa shape index (κ2) is 9.16. The lowest BCUT2D eigenvalue weighted by Gasteiger charge is -2.43. The fraction of sp³-hybridized carbons (Fsp3) is 0.526. The largest absolute Gasteiger partial charge is 0.523 e. The number of pyridine rings is 1. The fourth-order valence-electron chi connectivity index (χ4n) is 2.69. The summed E-state index contributed by atoms with van der Waals surface area (Å²) < 4.78 is 79.0. The monoisotopic (exact) mass is 510 g/mol. The van der Waals surface area contributed by atoms with Crippen molar-refractivity contribution < 1.29 is 39.9 Å². The van der Waals surface area contributed by atoms with Crippen molar-refractivity contribution in [3.05, 3.63) is 52.9 Å². The highest BCUT2D eigenvalue weighted by molar-refractivity contribution is 7.87. The van der Waals surface area contributed by atoms with Crippen LogP contribution in [0, 0.1) is 10.1 Å². The third-order valence-electron chi connectivity index (χ3n) is 5.48. The average Bonchev–Trinajstić information content (AvgIpc) is 2.66. The van der Waals surface area contributed by atoms with Gasteiger partial charge in [0.15, 0.2) is 8.32 Å². The van der Waals surface area contributed by atoms with Crippen molar-refractivity contribution in [2.24, 2.45) is 0 Å². The molecule has 0 saturated heterocycles.